The topological polar surface area (TPSA) is 0 Å². The van der Waals surface area contributed by atoms with Crippen LogP contribution in [0.15, 0.2) is 0 Å². The van der Waals surface area contributed by atoms with Crippen LogP contribution in [-0.2, 0) is 0 Å². The van der Waals surface area contributed by atoms with Crippen LogP contribution in [0.1, 0.15) is 59.8 Å². The molecule has 0 radical (unpaired) electrons. The average Bonchev–Trinajstić information content (AvgIpc) is 2.32. The van der Waals surface area contributed by atoms with Crippen molar-refractivity contribution in [2.24, 2.45) is 17.3 Å². The summed E-state index contributed by atoms with van der Waals surface area (Å²) in [6.45, 7) is 9.51. The van der Waals surface area contributed by atoms with Crippen molar-refractivity contribution < 1.29 is 0 Å². The van der Waals surface area contributed by atoms with Crippen LogP contribution in [0, 0.1) is 17.3 Å². The summed E-state index contributed by atoms with van der Waals surface area (Å²) in [6.07, 6.45) is 7.30. The van der Waals surface area contributed by atoms with Gasteiger partial charge in [0.15, 0.2) is 0 Å². The highest BCUT2D eigenvalue weighted by Gasteiger charge is 2.35. The summed E-state index contributed by atoms with van der Waals surface area (Å²) in [5.41, 5.74) is 0.730. The largest absolute Gasteiger partial charge is 0.0649 e. The van der Waals surface area contributed by atoms with E-state index in [0.29, 0.717) is 0 Å². The van der Waals surface area contributed by atoms with Crippen LogP contribution in [0.2, 0.25) is 0 Å². The van der Waals surface area contributed by atoms with Crippen LogP contribution in [0.5, 0.6) is 0 Å². The Labute approximate surface area is 77.7 Å². The summed E-state index contributed by atoms with van der Waals surface area (Å²) in [6, 6.07) is 0. The van der Waals surface area contributed by atoms with Gasteiger partial charge in [0.2, 0.25) is 0 Å². The Balaban J connectivity index is 2.52. The van der Waals surface area contributed by atoms with Crippen molar-refractivity contribution in [2.75, 3.05) is 0 Å². The molecule has 2 atom stereocenters. The maximum absolute atomic E-state index is 2.41. The highest BCUT2D eigenvalue weighted by molar-refractivity contribution is 4.87. The molecule has 0 saturated heterocycles. The van der Waals surface area contributed by atoms with Crippen LogP contribution in [0.25, 0.3) is 0 Å². The minimum atomic E-state index is 0.730. The van der Waals surface area contributed by atoms with Gasteiger partial charge in [0.1, 0.15) is 0 Å². The Bertz CT molecular complexity index is 137. The van der Waals surface area contributed by atoms with Crippen molar-refractivity contribution in [1.29, 1.82) is 0 Å². The molecular weight excluding hydrogens is 144 g/mol. The molecule has 1 aliphatic rings. The van der Waals surface area contributed by atoms with Gasteiger partial charge in [0, 0.05) is 0 Å². The van der Waals surface area contributed by atoms with Gasteiger partial charge in [-0.05, 0) is 36.5 Å². The number of rotatable bonds is 3. The third-order valence-corrected chi connectivity index (χ3v) is 3.54. The summed E-state index contributed by atoms with van der Waals surface area (Å²) in [5, 5.41) is 0. The first-order valence-corrected chi connectivity index (χ1v) is 5.58. The smallest absolute Gasteiger partial charge is 0.0295 e. The van der Waals surface area contributed by atoms with Gasteiger partial charge in [0.25, 0.3) is 0 Å². The van der Waals surface area contributed by atoms with Gasteiger partial charge in [-0.3, -0.25) is 0 Å². The van der Waals surface area contributed by atoms with Crippen molar-refractivity contribution in [1.82, 2.24) is 0 Å². The van der Waals surface area contributed by atoms with Crippen molar-refractivity contribution in [3.63, 3.8) is 0 Å². The van der Waals surface area contributed by atoms with Gasteiger partial charge >= 0.3 is 0 Å². The second-order valence-electron chi connectivity index (χ2n) is 5.30. The summed E-state index contributed by atoms with van der Waals surface area (Å²) in [4.78, 5) is 0. The zero-order chi connectivity index (χ0) is 9.19. The molecule has 1 fully saturated rings. The van der Waals surface area contributed by atoms with E-state index in [1.165, 1.54) is 32.1 Å². The van der Waals surface area contributed by atoms with Crippen LogP contribution in [0.4, 0.5) is 0 Å². The maximum Gasteiger partial charge on any atom is -0.0295 e. The maximum atomic E-state index is 2.41. The molecule has 0 bridgehead atoms. The van der Waals surface area contributed by atoms with Gasteiger partial charge < -0.3 is 0 Å². The Hall–Kier alpha value is 0. The number of hydrogen-bond acceptors (Lipinski definition) is 0. The van der Waals surface area contributed by atoms with Gasteiger partial charge in [0.05, 0.1) is 0 Å². The van der Waals surface area contributed by atoms with E-state index in [1.807, 2.05) is 0 Å². The average molecular weight is 168 g/mol. The zero-order valence-corrected chi connectivity index (χ0v) is 9.19. The third-order valence-electron chi connectivity index (χ3n) is 3.54. The van der Waals surface area contributed by atoms with E-state index < -0.39 is 0 Å². The minimum absolute atomic E-state index is 0.730. The lowest BCUT2D eigenvalue weighted by atomic mass is 9.76. The molecule has 2 unspecified atom stereocenters. The van der Waals surface area contributed by atoms with Gasteiger partial charge in [-0.1, -0.05) is 40.5 Å². The lowest BCUT2D eigenvalue weighted by molar-refractivity contribution is 0.217. The molecule has 12 heavy (non-hydrogen) atoms. The van der Waals surface area contributed by atoms with Gasteiger partial charge in [-0.15, -0.1) is 0 Å². The predicted molar refractivity (Wildman–Crippen MR) is 55.2 cm³/mol. The zero-order valence-electron chi connectivity index (χ0n) is 9.19. The molecule has 0 N–H and O–H groups in total. The summed E-state index contributed by atoms with van der Waals surface area (Å²) in [7, 11) is 0. The lowest BCUT2D eigenvalue weighted by Crippen LogP contribution is -2.18. The monoisotopic (exact) mass is 168 g/mol. The normalized spacial score (nSPS) is 36.2. The molecule has 0 aromatic rings. The predicted octanol–water partition coefficient (Wildman–Crippen LogP) is 4.25. The SMILES string of the molecule is CCC1(CC(C)C)CCC(C)C1. The molecule has 0 aromatic carbocycles. The van der Waals surface area contributed by atoms with E-state index in [-0.39, 0.29) is 0 Å². The molecule has 0 nitrogen and oxygen atoms in total. The third kappa shape index (κ3) is 2.24. The fraction of sp³-hybridized carbons (Fsp3) is 1.00. The second kappa shape index (κ2) is 3.81. The Morgan fingerprint density at radius 2 is 2.08 bits per heavy atom. The van der Waals surface area contributed by atoms with Crippen molar-refractivity contribution >= 4 is 0 Å². The first-order chi connectivity index (χ1) is 5.58. The number of hydrogen-bond donors (Lipinski definition) is 0. The molecule has 0 heterocycles. The molecule has 72 valence electrons. The molecular formula is C12H24. The Morgan fingerprint density at radius 1 is 1.42 bits per heavy atom. The Kier molecular flexibility index (Phi) is 3.20. The van der Waals surface area contributed by atoms with E-state index in [9.17, 15) is 0 Å². The van der Waals surface area contributed by atoms with E-state index in [2.05, 4.69) is 27.7 Å². The summed E-state index contributed by atoms with van der Waals surface area (Å²) >= 11 is 0. The molecule has 1 aliphatic carbocycles. The highest BCUT2D eigenvalue weighted by Crippen LogP contribution is 2.48. The van der Waals surface area contributed by atoms with Crippen molar-refractivity contribution in [2.45, 2.75) is 59.8 Å². The van der Waals surface area contributed by atoms with Crippen LogP contribution in [-0.4, -0.2) is 0 Å². The summed E-state index contributed by atoms with van der Waals surface area (Å²) < 4.78 is 0. The lowest BCUT2D eigenvalue weighted by Gasteiger charge is -2.29. The highest BCUT2D eigenvalue weighted by atomic mass is 14.4. The van der Waals surface area contributed by atoms with Crippen LogP contribution >= 0.6 is 0 Å². The first kappa shape index (κ1) is 10.1. The fourth-order valence-corrected chi connectivity index (χ4v) is 3.01. The summed E-state index contributed by atoms with van der Waals surface area (Å²) in [5.74, 6) is 1.87. The van der Waals surface area contributed by atoms with Crippen molar-refractivity contribution in [3.05, 3.63) is 0 Å². The van der Waals surface area contributed by atoms with Gasteiger partial charge in [-0.2, -0.15) is 0 Å². The molecule has 0 aromatic heterocycles. The van der Waals surface area contributed by atoms with E-state index >= 15 is 0 Å². The second-order valence-corrected chi connectivity index (χ2v) is 5.30. The van der Waals surface area contributed by atoms with Crippen LogP contribution in [0.3, 0.4) is 0 Å². The Morgan fingerprint density at radius 3 is 2.42 bits per heavy atom. The molecule has 0 aliphatic heterocycles. The van der Waals surface area contributed by atoms with E-state index in [1.54, 1.807) is 0 Å². The fourth-order valence-electron chi connectivity index (χ4n) is 3.01. The molecule has 1 rings (SSSR count). The standard InChI is InChI=1S/C12H24/c1-5-12(8-10(2)3)7-6-11(4)9-12/h10-11H,5-9H2,1-4H3. The van der Waals surface area contributed by atoms with E-state index in [0.717, 1.165) is 17.3 Å². The van der Waals surface area contributed by atoms with Gasteiger partial charge in [-0.25, -0.2) is 0 Å². The quantitative estimate of drug-likeness (QED) is 0.591. The molecule has 0 heteroatoms. The van der Waals surface area contributed by atoms with Crippen LogP contribution < -0.4 is 0 Å². The van der Waals surface area contributed by atoms with Crippen molar-refractivity contribution in [3.8, 4) is 0 Å². The molecule has 0 amide bonds. The molecule has 0 spiro atoms. The molecule has 1 saturated carbocycles. The van der Waals surface area contributed by atoms with E-state index in [4.69, 9.17) is 0 Å². The minimum Gasteiger partial charge on any atom is -0.0649 e. The first-order valence-electron chi connectivity index (χ1n) is 5.58.